The van der Waals surface area contributed by atoms with Crippen LogP contribution in [0.2, 0.25) is 0 Å². The summed E-state index contributed by atoms with van der Waals surface area (Å²) in [4.78, 5) is 0. The number of rotatable bonds is 6. The lowest BCUT2D eigenvalue weighted by Gasteiger charge is -2.13. The second kappa shape index (κ2) is 7.53. The zero-order valence-electron chi connectivity index (χ0n) is 12.9. The van der Waals surface area contributed by atoms with Crippen LogP contribution in [0.1, 0.15) is 31.4 Å². The van der Waals surface area contributed by atoms with Crippen LogP contribution in [0.25, 0.3) is 5.57 Å². The Morgan fingerprint density at radius 1 is 1.05 bits per heavy atom. The Bertz CT molecular complexity index is 600. The molecule has 0 aliphatic rings. The molecular formula is C19H22O2. The van der Waals surface area contributed by atoms with E-state index in [2.05, 4.69) is 38.1 Å². The first kappa shape index (κ1) is 15.2. The molecule has 0 N–H and O–H groups in total. The molecule has 0 aromatic heterocycles. The lowest BCUT2D eigenvalue weighted by molar-refractivity contribution is 0.284. The van der Waals surface area contributed by atoms with Gasteiger partial charge in [0.2, 0.25) is 0 Å². The van der Waals surface area contributed by atoms with Crippen molar-refractivity contribution in [3.63, 3.8) is 0 Å². The van der Waals surface area contributed by atoms with Gasteiger partial charge in [0.1, 0.15) is 6.61 Å². The molecule has 0 amide bonds. The molecule has 0 aliphatic carbocycles. The normalized spacial score (nSPS) is 11.3. The van der Waals surface area contributed by atoms with Gasteiger partial charge in [-0.15, -0.1) is 0 Å². The van der Waals surface area contributed by atoms with Crippen LogP contribution < -0.4 is 9.47 Å². The second-order valence-corrected chi connectivity index (χ2v) is 4.81. The SMILES string of the molecule is C/C=C(/CC)c1ccc(OCc2ccccc2)c(OC)c1. The maximum atomic E-state index is 5.87. The minimum atomic E-state index is 0.542. The molecule has 0 unspecified atom stereocenters. The summed E-state index contributed by atoms with van der Waals surface area (Å²) >= 11 is 0. The molecule has 0 saturated carbocycles. The lowest BCUT2D eigenvalue weighted by Crippen LogP contribution is -1.98. The highest BCUT2D eigenvalue weighted by atomic mass is 16.5. The quantitative estimate of drug-likeness (QED) is 0.735. The molecule has 2 rings (SSSR count). The van der Waals surface area contributed by atoms with Gasteiger partial charge >= 0.3 is 0 Å². The largest absolute Gasteiger partial charge is 0.493 e. The average Bonchev–Trinajstić information content (AvgIpc) is 2.55. The molecule has 0 atom stereocenters. The fourth-order valence-electron chi connectivity index (χ4n) is 2.30. The summed E-state index contributed by atoms with van der Waals surface area (Å²) in [6.07, 6.45) is 3.14. The molecule has 0 radical (unpaired) electrons. The molecule has 21 heavy (non-hydrogen) atoms. The first-order chi connectivity index (χ1) is 10.3. The van der Waals surface area contributed by atoms with E-state index in [-0.39, 0.29) is 0 Å². The van der Waals surface area contributed by atoms with Crippen molar-refractivity contribution in [1.29, 1.82) is 0 Å². The summed E-state index contributed by atoms with van der Waals surface area (Å²) in [7, 11) is 1.68. The molecule has 2 aromatic carbocycles. The van der Waals surface area contributed by atoms with E-state index in [0.29, 0.717) is 6.61 Å². The molecule has 2 heteroatoms. The number of methoxy groups -OCH3 is 1. The Balaban J connectivity index is 2.17. The Kier molecular flexibility index (Phi) is 5.44. The topological polar surface area (TPSA) is 18.5 Å². The third kappa shape index (κ3) is 3.88. The van der Waals surface area contributed by atoms with Crippen molar-refractivity contribution in [3.8, 4) is 11.5 Å². The fraction of sp³-hybridized carbons (Fsp3) is 0.263. The van der Waals surface area contributed by atoms with E-state index in [1.165, 1.54) is 11.1 Å². The van der Waals surface area contributed by atoms with Crippen LogP contribution in [-0.4, -0.2) is 7.11 Å². The van der Waals surface area contributed by atoms with Crippen molar-refractivity contribution >= 4 is 5.57 Å². The fourth-order valence-corrected chi connectivity index (χ4v) is 2.30. The number of allylic oxidation sites excluding steroid dienone is 2. The third-order valence-electron chi connectivity index (χ3n) is 3.50. The predicted octanol–water partition coefficient (Wildman–Crippen LogP) is 5.09. The highest BCUT2D eigenvalue weighted by molar-refractivity contribution is 5.67. The number of benzene rings is 2. The molecule has 2 nitrogen and oxygen atoms in total. The Morgan fingerprint density at radius 2 is 1.81 bits per heavy atom. The van der Waals surface area contributed by atoms with Gasteiger partial charge in [-0.3, -0.25) is 0 Å². The van der Waals surface area contributed by atoms with Gasteiger partial charge in [0.15, 0.2) is 11.5 Å². The monoisotopic (exact) mass is 282 g/mol. The molecular weight excluding hydrogens is 260 g/mol. The average molecular weight is 282 g/mol. The molecule has 110 valence electrons. The third-order valence-corrected chi connectivity index (χ3v) is 3.50. The lowest BCUT2D eigenvalue weighted by atomic mass is 10.0. The molecule has 0 saturated heterocycles. The van der Waals surface area contributed by atoms with Crippen molar-refractivity contribution in [2.75, 3.05) is 7.11 Å². The molecule has 0 bridgehead atoms. The van der Waals surface area contributed by atoms with Gasteiger partial charge in [-0.2, -0.15) is 0 Å². The van der Waals surface area contributed by atoms with E-state index in [4.69, 9.17) is 9.47 Å². The van der Waals surface area contributed by atoms with Gasteiger partial charge in [-0.05, 0) is 42.2 Å². The van der Waals surface area contributed by atoms with Crippen LogP contribution in [0, 0.1) is 0 Å². The second-order valence-electron chi connectivity index (χ2n) is 4.81. The van der Waals surface area contributed by atoms with Crippen molar-refractivity contribution in [3.05, 3.63) is 65.7 Å². The van der Waals surface area contributed by atoms with Gasteiger partial charge < -0.3 is 9.47 Å². The first-order valence-electron chi connectivity index (χ1n) is 7.28. The Hall–Kier alpha value is -2.22. The Labute approximate surface area is 127 Å². The number of ether oxygens (including phenoxy) is 2. The molecule has 0 aliphatic heterocycles. The smallest absolute Gasteiger partial charge is 0.161 e. The highest BCUT2D eigenvalue weighted by Crippen LogP contribution is 2.32. The molecule has 0 heterocycles. The summed E-state index contributed by atoms with van der Waals surface area (Å²) in [5.41, 5.74) is 3.64. The highest BCUT2D eigenvalue weighted by Gasteiger charge is 2.08. The van der Waals surface area contributed by atoms with Crippen LogP contribution in [0.3, 0.4) is 0 Å². The van der Waals surface area contributed by atoms with Gasteiger partial charge in [-0.1, -0.05) is 49.4 Å². The number of hydrogen-bond acceptors (Lipinski definition) is 2. The summed E-state index contributed by atoms with van der Waals surface area (Å²) in [6.45, 7) is 4.76. The molecule has 0 fully saturated rings. The standard InChI is InChI=1S/C19H22O2/c1-4-16(5-2)17-11-12-18(19(13-17)20-3)21-14-15-9-7-6-8-10-15/h4,6-13H,5,14H2,1-3H3/b16-4-. The summed E-state index contributed by atoms with van der Waals surface area (Å²) < 4.78 is 11.3. The molecule has 2 aromatic rings. The van der Waals surface area contributed by atoms with Crippen LogP contribution >= 0.6 is 0 Å². The summed E-state index contributed by atoms with van der Waals surface area (Å²) in [5.74, 6) is 1.55. The summed E-state index contributed by atoms with van der Waals surface area (Å²) in [6, 6.07) is 16.2. The van der Waals surface area contributed by atoms with E-state index >= 15 is 0 Å². The van der Waals surface area contributed by atoms with Crippen molar-refractivity contribution in [2.45, 2.75) is 26.9 Å². The van der Waals surface area contributed by atoms with Crippen LogP contribution in [0.4, 0.5) is 0 Å². The maximum Gasteiger partial charge on any atom is 0.161 e. The van der Waals surface area contributed by atoms with Crippen LogP contribution in [0.5, 0.6) is 11.5 Å². The van der Waals surface area contributed by atoms with Crippen molar-refractivity contribution < 1.29 is 9.47 Å². The maximum absolute atomic E-state index is 5.87. The van der Waals surface area contributed by atoms with Crippen molar-refractivity contribution in [1.82, 2.24) is 0 Å². The predicted molar refractivity (Wildman–Crippen MR) is 87.7 cm³/mol. The van der Waals surface area contributed by atoms with Crippen molar-refractivity contribution in [2.24, 2.45) is 0 Å². The van der Waals surface area contributed by atoms with E-state index in [1.54, 1.807) is 7.11 Å². The minimum Gasteiger partial charge on any atom is -0.493 e. The molecule has 0 spiro atoms. The summed E-state index contributed by atoms with van der Waals surface area (Å²) in [5, 5.41) is 0. The first-order valence-corrected chi connectivity index (χ1v) is 7.28. The van der Waals surface area contributed by atoms with Gasteiger partial charge in [-0.25, -0.2) is 0 Å². The van der Waals surface area contributed by atoms with E-state index in [9.17, 15) is 0 Å². The number of hydrogen-bond donors (Lipinski definition) is 0. The zero-order valence-corrected chi connectivity index (χ0v) is 12.9. The van der Waals surface area contributed by atoms with Crippen LogP contribution in [0.15, 0.2) is 54.6 Å². The van der Waals surface area contributed by atoms with Crippen LogP contribution in [-0.2, 0) is 6.61 Å². The Morgan fingerprint density at radius 3 is 2.43 bits per heavy atom. The zero-order chi connectivity index (χ0) is 15.1. The van der Waals surface area contributed by atoms with E-state index in [1.807, 2.05) is 30.3 Å². The van der Waals surface area contributed by atoms with Gasteiger partial charge in [0.05, 0.1) is 7.11 Å². The van der Waals surface area contributed by atoms with Gasteiger partial charge in [0.25, 0.3) is 0 Å². The minimum absolute atomic E-state index is 0.542. The van der Waals surface area contributed by atoms with Gasteiger partial charge in [0, 0.05) is 0 Å². The van der Waals surface area contributed by atoms with E-state index in [0.717, 1.165) is 23.5 Å². The van der Waals surface area contributed by atoms with E-state index < -0.39 is 0 Å².